The Labute approximate surface area is 142 Å². The zero-order chi connectivity index (χ0) is 15.4. The third kappa shape index (κ3) is 4.00. The Kier molecular flexibility index (Phi) is 5.68. The SMILES string of the molecule is CCN(Cc1ccccc1Cl)C(=O)c1cc(Cl)ccc1Br. The van der Waals surface area contributed by atoms with Crippen LogP contribution < -0.4 is 0 Å². The molecular weight excluding hydrogens is 373 g/mol. The third-order valence-corrected chi connectivity index (χ3v) is 4.44. The Bertz CT molecular complexity index is 660. The summed E-state index contributed by atoms with van der Waals surface area (Å²) in [5.74, 6) is -0.0770. The monoisotopic (exact) mass is 385 g/mol. The molecule has 0 spiro atoms. The van der Waals surface area contributed by atoms with Crippen LogP contribution in [0.1, 0.15) is 22.8 Å². The normalized spacial score (nSPS) is 10.5. The maximum atomic E-state index is 12.7. The molecule has 0 aliphatic rings. The second-order valence-electron chi connectivity index (χ2n) is 4.53. The fourth-order valence-electron chi connectivity index (χ4n) is 1.99. The molecule has 5 heteroatoms. The van der Waals surface area contributed by atoms with E-state index in [1.165, 1.54) is 0 Å². The van der Waals surface area contributed by atoms with Crippen molar-refractivity contribution in [1.82, 2.24) is 4.90 Å². The average molecular weight is 387 g/mol. The Morgan fingerprint density at radius 1 is 1.19 bits per heavy atom. The second-order valence-corrected chi connectivity index (χ2v) is 6.23. The molecule has 2 aromatic carbocycles. The summed E-state index contributed by atoms with van der Waals surface area (Å²) in [6.07, 6.45) is 0. The molecule has 0 fully saturated rings. The molecule has 2 nitrogen and oxygen atoms in total. The zero-order valence-corrected chi connectivity index (χ0v) is 14.5. The number of carbonyl (C=O) groups excluding carboxylic acids is 1. The van der Waals surface area contributed by atoms with Crippen LogP contribution in [0.15, 0.2) is 46.9 Å². The van der Waals surface area contributed by atoms with E-state index in [4.69, 9.17) is 23.2 Å². The van der Waals surface area contributed by atoms with Gasteiger partial charge in [0.1, 0.15) is 0 Å². The summed E-state index contributed by atoms with van der Waals surface area (Å²) in [5, 5.41) is 1.20. The van der Waals surface area contributed by atoms with Crippen LogP contribution in [0.4, 0.5) is 0 Å². The number of hydrogen-bond donors (Lipinski definition) is 0. The van der Waals surface area contributed by atoms with E-state index in [1.807, 2.05) is 31.2 Å². The number of nitrogens with zero attached hydrogens (tertiary/aromatic N) is 1. The van der Waals surface area contributed by atoms with E-state index >= 15 is 0 Å². The van der Waals surface area contributed by atoms with E-state index in [2.05, 4.69) is 15.9 Å². The molecule has 0 atom stereocenters. The quantitative estimate of drug-likeness (QED) is 0.687. The van der Waals surface area contributed by atoms with Gasteiger partial charge in [-0.05, 0) is 52.7 Å². The van der Waals surface area contributed by atoms with E-state index < -0.39 is 0 Å². The highest BCUT2D eigenvalue weighted by Gasteiger charge is 2.18. The second kappa shape index (κ2) is 7.30. The van der Waals surface area contributed by atoms with Crippen molar-refractivity contribution in [3.8, 4) is 0 Å². The van der Waals surface area contributed by atoms with Crippen molar-refractivity contribution < 1.29 is 4.79 Å². The summed E-state index contributed by atoms with van der Waals surface area (Å²) in [4.78, 5) is 14.4. The molecule has 21 heavy (non-hydrogen) atoms. The minimum atomic E-state index is -0.0770. The van der Waals surface area contributed by atoms with Gasteiger partial charge in [-0.15, -0.1) is 0 Å². The Balaban J connectivity index is 2.27. The first-order valence-electron chi connectivity index (χ1n) is 6.50. The minimum absolute atomic E-state index is 0.0770. The Morgan fingerprint density at radius 2 is 1.90 bits per heavy atom. The molecule has 0 unspecified atom stereocenters. The predicted octanol–water partition coefficient (Wildman–Crippen LogP) is 5.42. The molecule has 0 N–H and O–H groups in total. The van der Waals surface area contributed by atoms with Crippen LogP contribution in [0.3, 0.4) is 0 Å². The molecule has 0 saturated carbocycles. The first-order valence-corrected chi connectivity index (χ1v) is 8.05. The van der Waals surface area contributed by atoms with Crippen LogP contribution in [0, 0.1) is 0 Å². The summed E-state index contributed by atoms with van der Waals surface area (Å²) in [7, 11) is 0. The number of amides is 1. The Hall–Kier alpha value is -1.03. The molecule has 1 amide bonds. The summed E-state index contributed by atoms with van der Waals surface area (Å²) >= 11 is 15.5. The number of halogens is 3. The summed E-state index contributed by atoms with van der Waals surface area (Å²) in [6.45, 7) is 2.99. The van der Waals surface area contributed by atoms with Crippen LogP contribution in [-0.4, -0.2) is 17.4 Å². The van der Waals surface area contributed by atoms with Gasteiger partial charge in [-0.2, -0.15) is 0 Å². The lowest BCUT2D eigenvalue weighted by Gasteiger charge is -2.22. The van der Waals surface area contributed by atoms with Crippen molar-refractivity contribution in [2.24, 2.45) is 0 Å². The van der Waals surface area contributed by atoms with E-state index in [0.717, 1.165) is 10.0 Å². The number of hydrogen-bond acceptors (Lipinski definition) is 1. The van der Waals surface area contributed by atoms with Gasteiger partial charge in [0, 0.05) is 27.6 Å². The summed E-state index contributed by atoms with van der Waals surface area (Å²) < 4.78 is 0.731. The van der Waals surface area contributed by atoms with E-state index in [9.17, 15) is 4.79 Å². The van der Waals surface area contributed by atoms with E-state index in [-0.39, 0.29) is 5.91 Å². The van der Waals surface area contributed by atoms with Gasteiger partial charge in [0.15, 0.2) is 0 Å². The van der Waals surface area contributed by atoms with Gasteiger partial charge in [-0.25, -0.2) is 0 Å². The van der Waals surface area contributed by atoms with Gasteiger partial charge >= 0.3 is 0 Å². The number of carbonyl (C=O) groups is 1. The van der Waals surface area contributed by atoms with Gasteiger partial charge < -0.3 is 4.90 Å². The molecule has 0 aliphatic heterocycles. The molecule has 110 valence electrons. The van der Waals surface area contributed by atoms with Gasteiger partial charge in [-0.1, -0.05) is 41.4 Å². The smallest absolute Gasteiger partial charge is 0.255 e. The fraction of sp³-hybridized carbons (Fsp3) is 0.188. The van der Waals surface area contributed by atoms with Crippen molar-refractivity contribution in [3.05, 3.63) is 68.1 Å². The van der Waals surface area contributed by atoms with Gasteiger partial charge in [-0.3, -0.25) is 4.79 Å². The lowest BCUT2D eigenvalue weighted by molar-refractivity contribution is 0.0751. The van der Waals surface area contributed by atoms with E-state index in [0.29, 0.717) is 28.7 Å². The summed E-state index contributed by atoms with van der Waals surface area (Å²) in [6, 6.07) is 12.7. The molecule has 0 aliphatic carbocycles. The van der Waals surface area contributed by atoms with Gasteiger partial charge in [0.05, 0.1) is 5.56 Å². The van der Waals surface area contributed by atoms with Gasteiger partial charge in [0.2, 0.25) is 0 Å². The maximum Gasteiger partial charge on any atom is 0.255 e. The van der Waals surface area contributed by atoms with Crippen LogP contribution in [0.25, 0.3) is 0 Å². The fourth-order valence-corrected chi connectivity index (χ4v) is 2.78. The highest BCUT2D eigenvalue weighted by molar-refractivity contribution is 9.10. The zero-order valence-electron chi connectivity index (χ0n) is 11.4. The molecule has 0 saturated heterocycles. The topological polar surface area (TPSA) is 20.3 Å². The van der Waals surface area contributed by atoms with Crippen LogP contribution >= 0.6 is 39.1 Å². The molecule has 0 radical (unpaired) electrons. The first-order chi connectivity index (χ1) is 10.0. The molecular formula is C16H14BrCl2NO. The molecule has 0 aromatic heterocycles. The van der Waals surface area contributed by atoms with Crippen molar-refractivity contribution in [1.29, 1.82) is 0 Å². The standard InChI is InChI=1S/C16H14BrCl2NO/c1-2-20(10-11-5-3-4-6-15(11)19)16(21)13-9-12(18)7-8-14(13)17/h3-9H,2,10H2,1H3. The lowest BCUT2D eigenvalue weighted by atomic mass is 10.1. The van der Waals surface area contributed by atoms with Crippen molar-refractivity contribution in [3.63, 3.8) is 0 Å². The third-order valence-electron chi connectivity index (χ3n) is 3.15. The van der Waals surface area contributed by atoms with Crippen LogP contribution in [-0.2, 0) is 6.54 Å². The average Bonchev–Trinajstić information content (AvgIpc) is 2.48. The molecule has 2 aromatic rings. The predicted molar refractivity (Wildman–Crippen MR) is 91.0 cm³/mol. The van der Waals surface area contributed by atoms with Crippen molar-refractivity contribution in [2.45, 2.75) is 13.5 Å². The maximum absolute atomic E-state index is 12.7. The number of benzene rings is 2. The number of rotatable bonds is 4. The van der Waals surface area contributed by atoms with E-state index in [1.54, 1.807) is 23.1 Å². The molecule has 0 heterocycles. The van der Waals surface area contributed by atoms with Gasteiger partial charge in [0.25, 0.3) is 5.91 Å². The molecule has 2 rings (SSSR count). The Morgan fingerprint density at radius 3 is 2.57 bits per heavy atom. The molecule has 0 bridgehead atoms. The van der Waals surface area contributed by atoms with Crippen LogP contribution in [0.5, 0.6) is 0 Å². The largest absolute Gasteiger partial charge is 0.335 e. The van der Waals surface area contributed by atoms with Crippen molar-refractivity contribution >= 4 is 45.0 Å². The lowest BCUT2D eigenvalue weighted by Crippen LogP contribution is -2.30. The highest BCUT2D eigenvalue weighted by atomic mass is 79.9. The van der Waals surface area contributed by atoms with Crippen LogP contribution in [0.2, 0.25) is 10.0 Å². The minimum Gasteiger partial charge on any atom is -0.335 e. The first kappa shape index (κ1) is 16.3. The van der Waals surface area contributed by atoms with Crippen molar-refractivity contribution in [2.75, 3.05) is 6.54 Å². The highest BCUT2D eigenvalue weighted by Crippen LogP contribution is 2.24. The summed E-state index contributed by atoms with van der Waals surface area (Å²) in [5.41, 5.74) is 1.48.